The quantitative estimate of drug-likeness (QED) is 0.394. The van der Waals surface area contributed by atoms with Crippen LogP contribution in [0, 0.1) is 0 Å². The second kappa shape index (κ2) is 9.79. The van der Waals surface area contributed by atoms with Gasteiger partial charge in [-0.05, 0) is 26.0 Å². The Hall–Kier alpha value is -4.48. The van der Waals surface area contributed by atoms with Gasteiger partial charge in [-0.25, -0.2) is 9.97 Å². The highest BCUT2D eigenvalue weighted by Gasteiger charge is 2.20. The molecule has 0 fully saturated rings. The Morgan fingerprint density at radius 3 is 2.57 bits per heavy atom. The number of nitrogens with one attached hydrogen (secondary N) is 2. The molecule has 0 aliphatic heterocycles. The van der Waals surface area contributed by atoms with Gasteiger partial charge in [0.25, 0.3) is 5.91 Å². The minimum atomic E-state index is -0.242. The molecule has 0 radical (unpaired) electrons. The fraction of sp³-hybridized carbons (Fsp3) is 0.304. The Labute approximate surface area is 203 Å². The first kappa shape index (κ1) is 23.7. The lowest BCUT2D eigenvalue weighted by atomic mass is 10.1. The second-order valence-electron chi connectivity index (χ2n) is 8.34. The number of rotatable bonds is 8. The number of methoxy groups -OCH3 is 1. The van der Waals surface area contributed by atoms with E-state index in [9.17, 15) is 4.79 Å². The summed E-state index contributed by atoms with van der Waals surface area (Å²) in [5, 5.41) is 15.1. The summed E-state index contributed by atoms with van der Waals surface area (Å²) in [6.45, 7) is 4.08. The van der Waals surface area contributed by atoms with E-state index in [0.29, 0.717) is 40.2 Å². The molecular weight excluding hydrogens is 448 g/mol. The first-order chi connectivity index (χ1) is 16.8. The summed E-state index contributed by atoms with van der Waals surface area (Å²) in [5.74, 6) is 1.43. The maximum atomic E-state index is 12.9. The maximum Gasteiger partial charge on any atom is 0.258 e. The van der Waals surface area contributed by atoms with Gasteiger partial charge >= 0.3 is 0 Å². The highest BCUT2D eigenvalue weighted by molar-refractivity contribution is 5.99. The van der Waals surface area contributed by atoms with Crippen LogP contribution in [0.25, 0.3) is 11.4 Å². The molecule has 0 atom stereocenters. The zero-order valence-electron chi connectivity index (χ0n) is 20.5. The zero-order valence-corrected chi connectivity index (χ0v) is 20.5. The van der Waals surface area contributed by atoms with Crippen molar-refractivity contribution in [2.75, 3.05) is 31.8 Å². The molecule has 2 N–H and O–H groups in total. The molecule has 1 aromatic carbocycles. The molecule has 35 heavy (non-hydrogen) atoms. The van der Waals surface area contributed by atoms with E-state index < -0.39 is 0 Å². The zero-order chi connectivity index (χ0) is 25.1. The van der Waals surface area contributed by atoms with Gasteiger partial charge in [-0.2, -0.15) is 15.2 Å². The van der Waals surface area contributed by atoms with E-state index in [2.05, 4.69) is 35.8 Å². The number of carbonyl (C=O) groups excluding carboxylic acids is 1. The summed E-state index contributed by atoms with van der Waals surface area (Å²) in [6, 6.07) is 5.77. The average Bonchev–Trinajstić information content (AvgIpc) is 3.48. The number of carbonyl (C=O) groups is 1. The molecule has 0 spiro atoms. The molecule has 3 heterocycles. The lowest BCUT2D eigenvalue weighted by Gasteiger charge is -2.17. The Kier molecular flexibility index (Phi) is 6.62. The van der Waals surface area contributed by atoms with Crippen LogP contribution in [0.2, 0.25) is 0 Å². The molecule has 0 saturated carbocycles. The molecular formula is C23H28N10O2. The van der Waals surface area contributed by atoms with Crippen LogP contribution in [-0.4, -0.2) is 66.5 Å². The fourth-order valence-electron chi connectivity index (χ4n) is 3.37. The van der Waals surface area contributed by atoms with E-state index in [0.717, 1.165) is 5.69 Å². The fourth-order valence-corrected chi connectivity index (χ4v) is 3.37. The van der Waals surface area contributed by atoms with Crippen molar-refractivity contribution in [2.24, 2.45) is 7.05 Å². The minimum absolute atomic E-state index is 0.220. The number of aryl methyl sites for hydroxylation is 1. The van der Waals surface area contributed by atoms with Crippen molar-refractivity contribution in [1.82, 2.24) is 39.4 Å². The topological polar surface area (TPSA) is 128 Å². The van der Waals surface area contributed by atoms with E-state index in [4.69, 9.17) is 4.74 Å². The molecule has 0 unspecified atom stereocenters. The molecule has 0 aliphatic carbocycles. The molecule has 0 aliphatic rings. The van der Waals surface area contributed by atoms with Crippen molar-refractivity contribution >= 4 is 29.0 Å². The van der Waals surface area contributed by atoms with Crippen LogP contribution in [0.3, 0.4) is 0 Å². The Balaban J connectivity index is 1.73. The highest BCUT2D eigenvalue weighted by Crippen LogP contribution is 2.36. The Bertz CT molecular complexity index is 1340. The molecule has 4 rings (SSSR count). The molecule has 12 nitrogen and oxygen atoms in total. The summed E-state index contributed by atoms with van der Waals surface area (Å²) in [5.41, 5.74) is 2.34. The van der Waals surface area contributed by atoms with Gasteiger partial charge in [0.05, 0.1) is 30.2 Å². The summed E-state index contributed by atoms with van der Waals surface area (Å²) in [7, 11) is 6.71. The molecule has 1 amide bonds. The summed E-state index contributed by atoms with van der Waals surface area (Å²) in [4.78, 5) is 27.6. The first-order valence-electron chi connectivity index (χ1n) is 11.0. The number of amides is 1. The van der Waals surface area contributed by atoms with Gasteiger partial charge in [0.1, 0.15) is 17.7 Å². The monoisotopic (exact) mass is 476 g/mol. The molecule has 3 aromatic heterocycles. The van der Waals surface area contributed by atoms with Gasteiger partial charge in [0, 0.05) is 39.6 Å². The number of ether oxygens (including phenoxy) is 1. The van der Waals surface area contributed by atoms with Crippen LogP contribution in [-0.2, 0) is 7.05 Å². The first-order valence-corrected chi connectivity index (χ1v) is 11.0. The van der Waals surface area contributed by atoms with E-state index in [1.807, 2.05) is 42.9 Å². The van der Waals surface area contributed by atoms with Crippen molar-refractivity contribution in [3.8, 4) is 17.1 Å². The van der Waals surface area contributed by atoms with Gasteiger partial charge in [-0.3, -0.25) is 14.2 Å². The summed E-state index contributed by atoms with van der Waals surface area (Å²) >= 11 is 0. The van der Waals surface area contributed by atoms with Gasteiger partial charge in [-0.15, -0.1) is 0 Å². The lowest BCUT2D eigenvalue weighted by Crippen LogP contribution is -2.23. The number of hydrogen-bond donors (Lipinski definition) is 2. The van der Waals surface area contributed by atoms with E-state index in [1.54, 1.807) is 45.5 Å². The molecule has 182 valence electrons. The standard InChI is InChI=1S/C23H28N10O2/c1-14(2)33-12-15(10-26-33)27-23-24-11-17(22(34)31(3)4)21(29-23)28-18-9-7-8-16(19(18)35-6)20-25-13-32(5)30-20/h7-14H,1-6H3,(H2,24,27,28,29). The Morgan fingerprint density at radius 2 is 1.94 bits per heavy atom. The van der Waals surface area contributed by atoms with E-state index >= 15 is 0 Å². The molecule has 4 aromatic rings. The number of aromatic nitrogens is 7. The third kappa shape index (κ3) is 5.05. The van der Waals surface area contributed by atoms with E-state index in [-0.39, 0.29) is 11.9 Å². The van der Waals surface area contributed by atoms with Crippen LogP contribution in [0.4, 0.5) is 23.1 Å². The van der Waals surface area contributed by atoms with Crippen molar-refractivity contribution in [1.29, 1.82) is 0 Å². The second-order valence-corrected chi connectivity index (χ2v) is 8.34. The number of nitrogens with zero attached hydrogens (tertiary/aromatic N) is 8. The van der Waals surface area contributed by atoms with Crippen LogP contribution < -0.4 is 15.4 Å². The van der Waals surface area contributed by atoms with Gasteiger partial charge < -0.3 is 20.3 Å². The number of para-hydroxylation sites is 1. The van der Waals surface area contributed by atoms with Crippen molar-refractivity contribution in [3.63, 3.8) is 0 Å². The number of anilines is 4. The van der Waals surface area contributed by atoms with Crippen molar-refractivity contribution in [2.45, 2.75) is 19.9 Å². The van der Waals surface area contributed by atoms with Crippen LogP contribution in [0.5, 0.6) is 5.75 Å². The molecule has 12 heteroatoms. The van der Waals surface area contributed by atoms with Gasteiger partial charge in [-0.1, -0.05) is 6.07 Å². The summed E-state index contributed by atoms with van der Waals surface area (Å²) in [6.07, 6.45) is 6.67. The minimum Gasteiger partial charge on any atom is -0.494 e. The lowest BCUT2D eigenvalue weighted by molar-refractivity contribution is 0.0828. The maximum absolute atomic E-state index is 12.9. The van der Waals surface area contributed by atoms with Crippen molar-refractivity contribution < 1.29 is 9.53 Å². The number of benzene rings is 1. The third-order valence-electron chi connectivity index (χ3n) is 5.12. The normalized spacial score (nSPS) is 10.9. The van der Waals surface area contributed by atoms with Gasteiger partial charge in [0.2, 0.25) is 5.95 Å². The highest BCUT2D eigenvalue weighted by atomic mass is 16.5. The van der Waals surface area contributed by atoms with Crippen LogP contribution >= 0.6 is 0 Å². The average molecular weight is 477 g/mol. The van der Waals surface area contributed by atoms with Crippen molar-refractivity contribution in [3.05, 3.63) is 48.7 Å². The number of hydrogen-bond acceptors (Lipinski definition) is 9. The largest absolute Gasteiger partial charge is 0.494 e. The SMILES string of the molecule is COc1c(Nc2nc(Nc3cnn(C(C)C)c3)ncc2C(=O)N(C)C)cccc1-c1ncn(C)n1. The molecule has 0 bridgehead atoms. The van der Waals surface area contributed by atoms with E-state index in [1.165, 1.54) is 11.1 Å². The Morgan fingerprint density at radius 1 is 1.14 bits per heavy atom. The van der Waals surface area contributed by atoms with Gasteiger partial charge in [0.15, 0.2) is 11.6 Å². The van der Waals surface area contributed by atoms with Crippen LogP contribution in [0.1, 0.15) is 30.2 Å². The third-order valence-corrected chi connectivity index (χ3v) is 5.12. The summed E-state index contributed by atoms with van der Waals surface area (Å²) < 4.78 is 9.14. The van der Waals surface area contributed by atoms with Crippen LogP contribution in [0.15, 0.2) is 43.1 Å². The smallest absolute Gasteiger partial charge is 0.258 e. The predicted molar refractivity (Wildman–Crippen MR) is 132 cm³/mol. The molecule has 0 saturated heterocycles. The predicted octanol–water partition coefficient (Wildman–Crippen LogP) is 3.25.